The second-order valence-electron chi connectivity index (χ2n) is 5.96. The maximum absolute atomic E-state index is 13.7. The van der Waals surface area contributed by atoms with Crippen molar-refractivity contribution in [3.63, 3.8) is 0 Å². The molecule has 0 radical (unpaired) electrons. The number of carbonyl (C=O) groups is 1. The van der Waals surface area contributed by atoms with Crippen LogP contribution in [0.15, 0.2) is 54.6 Å². The molecule has 0 saturated heterocycles. The van der Waals surface area contributed by atoms with Gasteiger partial charge in [-0.1, -0.05) is 35.9 Å². The molecular formula is C20H16ClFN4O. The molecule has 3 N–H and O–H groups in total. The third-order valence-corrected chi connectivity index (χ3v) is 4.30. The molecule has 2 aromatic carbocycles. The molecule has 27 heavy (non-hydrogen) atoms. The van der Waals surface area contributed by atoms with Gasteiger partial charge in [-0.25, -0.2) is 4.39 Å². The molecule has 5 nitrogen and oxygen atoms in total. The van der Waals surface area contributed by atoms with Gasteiger partial charge in [0.2, 0.25) is 5.91 Å². The van der Waals surface area contributed by atoms with Crippen molar-refractivity contribution in [1.82, 2.24) is 4.57 Å². The van der Waals surface area contributed by atoms with E-state index in [1.807, 2.05) is 18.2 Å². The summed E-state index contributed by atoms with van der Waals surface area (Å²) in [5, 5.41) is 12.5. The standard InChI is InChI=1S/C20H16ClFN4O/c21-14-5-3-4-13(8-14)9-19-17(24)10-15(11-23)26(19)12-20(27)25-18-7-2-1-6-16(18)22/h1-8,10H,9,12,24H2,(H,25,27). The maximum atomic E-state index is 13.7. The third-order valence-electron chi connectivity index (χ3n) is 4.07. The van der Waals surface area contributed by atoms with Crippen molar-refractivity contribution in [1.29, 1.82) is 5.26 Å². The number of nitrogen functional groups attached to an aromatic ring is 1. The first-order chi connectivity index (χ1) is 13.0. The number of hydrogen-bond donors (Lipinski definition) is 2. The molecule has 1 aromatic heterocycles. The van der Waals surface area contributed by atoms with Crippen LogP contribution >= 0.6 is 11.6 Å². The van der Waals surface area contributed by atoms with Gasteiger partial charge in [0, 0.05) is 17.1 Å². The van der Waals surface area contributed by atoms with Gasteiger partial charge in [-0.05, 0) is 35.9 Å². The average Bonchev–Trinajstić information content (AvgIpc) is 2.92. The Morgan fingerprint density at radius 2 is 2.00 bits per heavy atom. The highest BCUT2D eigenvalue weighted by Crippen LogP contribution is 2.23. The molecule has 0 bridgehead atoms. The summed E-state index contributed by atoms with van der Waals surface area (Å²) in [6.07, 6.45) is 0.404. The fourth-order valence-electron chi connectivity index (χ4n) is 2.82. The van der Waals surface area contributed by atoms with Crippen LogP contribution in [0.25, 0.3) is 0 Å². The van der Waals surface area contributed by atoms with Gasteiger partial charge in [0.25, 0.3) is 0 Å². The molecule has 0 saturated carbocycles. The molecule has 3 aromatic rings. The van der Waals surface area contributed by atoms with Crippen molar-refractivity contribution < 1.29 is 9.18 Å². The summed E-state index contributed by atoms with van der Waals surface area (Å²) in [7, 11) is 0. The molecule has 0 aliphatic rings. The largest absolute Gasteiger partial charge is 0.397 e. The number of nitrogens with two attached hydrogens (primary N) is 1. The number of nitrogens with one attached hydrogen (secondary N) is 1. The lowest BCUT2D eigenvalue weighted by molar-refractivity contribution is -0.116. The van der Waals surface area contributed by atoms with Crippen molar-refractivity contribution in [2.45, 2.75) is 13.0 Å². The number of para-hydroxylation sites is 1. The smallest absolute Gasteiger partial charge is 0.244 e. The fourth-order valence-corrected chi connectivity index (χ4v) is 3.03. The Kier molecular flexibility index (Phi) is 5.43. The van der Waals surface area contributed by atoms with Crippen LogP contribution in [0.4, 0.5) is 15.8 Å². The number of aromatic nitrogens is 1. The summed E-state index contributed by atoms with van der Waals surface area (Å²) >= 11 is 6.02. The van der Waals surface area contributed by atoms with Crippen molar-refractivity contribution in [2.75, 3.05) is 11.1 Å². The van der Waals surface area contributed by atoms with Crippen LogP contribution in [0.2, 0.25) is 5.02 Å². The van der Waals surface area contributed by atoms with Crippen molar-refractivity contribution in [3.8, 4) is 6.07 Å². The van der Waals surface area contributed by atoms with Crippen molar-refractivity contribution in [3.05, 3.63) is 82.4 Å². The van der Waals surface area contributed by atoms with Gasteiger partial charge in [0.05, 0.1) is 11.4 Å². The highest BCUT2D eigenvalue weighted by molar-refractivity contribution is 6.30. The normalized spacial score (nSPS) is 10.4. The number of anilines is 2. The minimum absolute atomic E-state index is 0.0810. The summed E-state index contributed by atoms with van der Waals surface area (Å²) in [6.45, 7) is -0.162. The fraction of sp³-hybridized carbons (Fsp3) is 0.100. The molecule has 0 spiro atoms. The van der Waals surface area contributed by atoms with E-state index in [0.717, 1.165) is 5.56 Å². The van der Waals surface area contributed by atoms with Gasteiger partial charge in [-0.2, -0.15) is 5.26 Å². The van der Waals surface area contributed by atoms with E-state index in [2.05, 4.69) is 5.32 Å². The van der Waals surface area contributed by atoms with Crippen LogP contribution in [-0.2, 0) is 17.8 Å². The van der Waals surface area contributed by atoms with Crippen LogP contribution in [0.5, 0.6) is 0 Å². The molecule has 0 fully saturated rings. The lowest BCUT2D eigenvalue weighted by Crippen LogP contribution is -2.21. The van der Waals surface area contributed by atoms with Gasteiger partial charge in [0.15, 0.2) is 0 Å². The topological polar surface area (TPSA) is 83.8 Å². The molecular weight excluding hydrogens is 367 g/mol. The molecule has 0 unspecified atom stereocenters. The first-order valence-electron chi connectivity index (χ1n) is 8.14. The van der Waals surface area contributed by atoms with Crippen molar-refractivity contribution >= 4 is 28.9 Å². The van der Waals surface area contributed by atoms with Crippen LogP contribution in [0, 0.1) is 17.1 Å². The van der Waals surface area contributed by atoms with Gasteiger partial charge >= 0.3 is 0 Å². The second kappa shape index (κ2) is 7.94. The van der Waals surface area contributed by atoms with Gasteiger partial charge in [-0.15, -0.1) is 0 Å². The number of nitriles is 1. The zero-order chi connectivity index (χ0) is 19.4. The number of halogens is 2. The van der Waals surface area contributed by atoms with E-state index in [-0.39, 0.29) is 17.9 Å². The maximum Gasteiger partial charge on any atom is 0.244 e. The predicted octanol–water partition coefficient (Wildman–Crippen LogP) is 3.96. The number of benzene rings is 2. The molecule has 136 valence electrons. The number of nitrogens with zero attached hydrogens (tertiary/aromatic N) is 2. The summed E-state index contributed by atoms with van der Waals surface area (Å²) in [6, 6.07) is 16.7. The Morgan fingerprint density at radius 1 is 1.22 bits per heavy atom. The van der Waals surface area contributed by atoms with E-state index in [1.54, 1.807) is 18.2 Å². The monoisotopic (exact) mass is 382 g/mol. The molecule has 3 rings (SSSR count). The van der Waals surface area contributed by atoms with Crippen LogP contribution in [-0.4, -0.2) is 10.5 Å². The highest BCUT2D eigenvalue weighted by Gasteiger charge is 2.17. The lowest BCUT2D eigenvalue weighted by Gasteiger charge is -2.12. The molecule has 1 heterocycles. The Labute approximate surface area is 160 Å². The van der Waals surface area contributed by atoms with E-state index in [1.165, 1.54) is 28.8 Å². The number of rotatable bonds is 5. The minimum Gasteiger partial charge on any atom is -0.397 e. The van der Waals surface area contributed by atoms with E-state index < -0.39 is 11.7 Å². The number of hydrogen-bond acceptors (Lipinski definition) is 3. The first-order valence-corrected chi connectivity index (χ1v) is 8.52. The third kappa shape index (κ3) is 4.27. The predicted molar refractivity (Wildman–Crippen MR) is 103 cm³/mol. The van der Waals surface area contributed by atoms with Gasteiger partial charge in [0.1, 0.15) is 24.1 Å². The summed E-state index contributed by atoms with van der Waals surface area (Å²) < 4.78 is 15.3. The zero-order valence-electron chi connectivity index (χ0n) is 14.2. The van der Waals surface area contributed by atoms with Gasteiger partial charge < -0.3 is 15.6 Å². The van der Waals surface area contributed by atoms with E-state index in [4.69, 9.17) is 17.3 Å². The second-order valence-corrected chi connectivity index (χ2v) is 6.40. The Balaban J connectivity index is 1.87. The number of amides is 1. The number of carbonyl (C=O) groups excluding carboxylic acids is 1. The highest BCUT2D eigenvalue weighted by atomic mass is 35.5. The minimum atomic E-state index is -0.530. The average molecular weight is 383 g/mol. The van der Waals surface area contributed by atoms with Crippen molar-refractivity contribution in [2.24, 2.45) is 0 Å². The summed E-state index contributed by atoms with van der Waals surface area (Å²) in [5.41, 5.74) is 8.32. The van der Waals surface area contributed by atoms with Crippen LogP contribution in [0.1, 0.15) is 17.0 Å². The Hall–Kier alpha value is -3.30. The van der Waals surface area contributed by atoms with E-state index in [9.17, 15) is 14.4 Å². The van der Waals surface area contributed by atoms with E-state index >= 15 is 0 Å². The van der Waals surface area contributed by atoms with Crippen LogP contribution in [0.3, 0.4) is 0 Å². The van der Waals surface area contributed by atoms with Gasteiger partial charge in [-0.3, -0.25) is 4.79 Å². The summed E-state index contributed by atoms with van der Waals surface area (Å²) in [5.74, 6) is -0.989. The molecule has 1 amide bonds. The quantitative estimate of drug-likeness (QED) is 0.700. The lowest BCUT2D eigenvalue weighted by atomic mass is 10.1. The molecule has 7 heteroatoms. The molecule has 0 aliphatic carbocycles. The first kappa shape index (κ1) is 18.5. The molecule has 0 atom stereocenters. The SMILES string of the molecule is N#Cc1cc(N)c(Cc2cccc(Cl)c2)n1CC(=O)Nc1ccccc1F. The Morgan fingerprint density at radius 3 is 2.70 bits per heavy atom. The van der Waals surface area contributed by atoms with Crippen LogP contribution < -0.4 is 11.1 Å². The summed E-state index contributed by atoms with van der Waals surface area (Å²) in [4.78, 5) is 12.4. The Bertz CT molecular complexity index is 1040. The van der Waals surface area contributed by atoms with E-state index in [0.29, 0.717) is 22.8 Å². The zero-order valence-corrected chi connectivity index (χ0v) is 15.0. The molecule has 0 aliphatic heterocycles.